The first kappa shape index (κ1) is 9.59. The summed E-state index contributed by atoms with van der Waals surface area (Å²) < 4.78 is 4.87. The van der Waals surface area contributed by atoms with Crippen LogP contribution in [0.4, 0.5) is 0 Å². The number of rotatable bonds is 4. The first-order chi connectivity index (χ1) is 4.48. The van der Waals surface area contributed by atoms with Gasteiger partial charge in [-0.2, -0.15) is 0 Å². The van der Waals surface area contributed by atoms with E-state index in [9.17, 15) is 9.90 Å². The Balaban J connectivity index is 3.74. The molecule has 3 nitrogen and oxygen atoms in total. The second-order valence-corrected chi connectivity index (χ2v) is 2.49. The zero-order valence-corrected chi connectivity index (χ0v) is 6.68. The third-order valence-corrected chi connectivity index (χ3v) is 1.03. The summed E-state index contributed by atoms with van der Waals surface area (Å²) in [6.07, 6.45) is 0.0564. The van der Waals surface area contributed by atoms with E-state index in [0.717, 1.165) is 0 Å². The van der Waals surface area contributed by atoms with E-state index >= 15 is 0 Å². The quantitative estimate of drug-likeness (QED) is 0.594. The number of ketones is 1. The molecule has 0 aliphatic carbocycles. The second kappa shape index (κ2) is 3.68. The average Bonchev–Trinajstić information content (AvgIpc) is 1.59. The molecule has 0 saturated carbocycles. The van der Waals surface area contributed by atoms with Crippen molar-refractivity contribution in [3.63, 3.8) is 0 Å². The molecule has 3 heteroatoms. The molecule has 0 aliphatic heterocycles. The Hall–Kier alpha value is -0.410. The van der Waals surface area contributed by atoms with E-state index in [1.807, 2.05) is 0 Å². The van der Waals surface area contributed by atoms with Crippen molar-refractivity contribution in [2.75, 3.05) is 6.61 Å². The molecule has 1 atom stereocenters. The highest BCUT2D eigenvalue weighted by molar-refractivity contribution is 5.76. The molecular formula is C7H14O3. The minimum Gasteiger partial charge on any atom is -0.365 e. The smallest absolute Gasteiger partial charge is 0.169 e. The third kappa shape index (κ3) is 4.47. The Morgan fingerprint density at radius 2 is 2.20 bits per heavy atom. The lowest BCUT2D eigenvalue weighted by molar-refractivity contribution is -0.191. The van der Waals surface area contributed by atoms with E-state index in [4.69, 9.17) is 4.74 Å². The van der Waals surface area contributed by atoms with Crippen LogP contribution < -0.4 is 0 Å². The topological polar surface area (TPSA) is 46.5 Å². The van der Waals surface area contributed by atoms with Crippen molar-refractivity contribution in [3.05, 3.63) is 0 Å². The second-order valence-electron chi connectivity index (χ2n) is 2.49. The molecule has 0 aromatic rings. The number of hydrogen-bond donors (Lipinski definition) is 1. The lowest BCUT2D eigenvalue weighted by atomic mass is 10.2. The Labute approximate surface area is 61.0 Å². The highest BCUT2D eigenvalue weighted by Gasteiger charge is 2.21. The van der Waals surface area contributed by atoms with Crippen molar-refractivity contribution in [1.82, 2.24) is 0 Å². The summed E-state index contributed by atoms with van der Waals surface area (Å²) in [4.78, 5) is 10.5. The molecule has 0 bridgehead atoms. The summed E-state index contributed by atoms with van der Waals surface area (Å²) in [5, 5.41) is 9.24. The van der Waals surface area contributed by atoms with Crippen LogP contribution in [0.15, 0.2) is 0 Å². The summed E-state index contributed by atoms with van der Waals surface area (Å²) in [6.45, 7) is 5.10. The summed E-state index contributed by atoms with van der Waals surface area (Å²) in [6, 6.07) is 0. The van der Waals surface area contributed by atoms with Crippen molar-refractivity contribution >= 4 is 5.78 Å². The van der Waals surface area contributed by atoms with Crippen LogP contribution in [-0.4, -0.2) is 23.3 Å². The van der Waals surface area contributed by atoms with Crippen LogP contribution in [0.3, 0.4) is 0 Å². The predicted molar refractivity (Wildman–Crippen MR) is 37.5 cm³/mol. The summed E-state index contributed by atoms with van der Waals surface area (Å²) in [5.41, 5.74) is 0. The number of ether oxygens (including phenoxy) is 1. The highest BCUT2D eigenvalue weighted by Crippen LogP contribution is 2.10. The van der Waals surface area contributed by atoms with E-state index < -0.39 is 5.79 Å². The van der Waals surface area contributed by atoms with E-state index in [2.05, 4.69) is 0 Å². The molecule has 0 heterocycles. The fourth-order valence-electron chi connectivity index (χ4n) is 0.824. The van der Waals surface area contributed by atoms with Gasteiger partial charge in [0.15, 0.2) is 5.79 Å². The van der Waals surface area contributed by atoms with E-state index in [0.29, 0.717) is 6.61 Å². The predicted octanol–water partition coefficient (Wildman–Crippen LogP) is 0.710. The van der Waals surface area contributed by atoms with Crippen molar-refractivity contribution in [1.29, 1.82) is 0 Å². The average molecular weight is 146 g/mol. The fourth-order valence-corrected chi connectivity index (χ4v) is 0.824. The van der Waals surface area contributed by atoms with Gasteiger partial charge in [0.1, 0.15) is 5.78 Å². The van der Waals surface area contributed by atoms with E-state index in [1.54, 1.807) is 6.92 Å². The van der Waals surface area contributed by atoms with Crippen LogP contribution in [0.25, 0.3) is 0 Å². The first-order valence-corrected chi connectivity index (χ1v) is 3.33. The van der Waals surface area contributed by atoms with Gasteiger partial charge in [0, 0.05) is 6.61 Å². The van der Waals surface area contributed by atoms with Gasteiger partial charge in [-0.15, -0.1) is 0 Å². The standard InChI is InChI=1S/C7H14O3/c1-4-10-7(3,9)5-6(2)8/h9H,4-5H2,1-3H3. The fraction of sp³-hybridized carbons (Fsp3) is 0.857. The number of hydrogen-bond acceptors (Lipinski definition) is 3. The summed E-state index contributed by atoms with van der Waals surface area (Å²) in [5.74, 6) is -1.35. The van der Waals surface area contributed by atoms with Crippen molar-refractivity contribution < 1.29 is 14.6 Å². The number of carbonyl (C=O) groups is 1. The number of Topliss-reactive ketones (excluding diaryl/α,β-unsaturated/α-hetero) is 1. The van der Waals surface area contributed by atoms with Crippen LogP contribution in [0.5, 0.6) is 0 Å². The minimum absolute atomic E-state index is 0.0564. The lowest BCUT2D eigenvalue weighted by Crippen LogP contribution is -2.30. The molecule has 1 unspecified atom stereocenters. The van der Waals surface area contributed by atoms with Crippen molar-refractivity contribution in [3.8, 4) is 0 Å². The van der Waals surface area contributed by atoms with Crippen LogP contribution in [0.2, 0.25) is 0 Å². The molecule has 0 aromatic heterocycles. The molecular weight excluding hydrogens is 132 g/mol. The largest absolute Gasteiger partial charge is 0.365 e. The Morgan fingerprint density at radius 1 is 1.70 bits per heavy atom. The van der Waals surface area contributed by atoms with Gasteiger partial charge in [-0.1, -0.05) is 0 Å². The third-order valence-electron chi connectivity index (χ3n) is 1.03. The maximum absolute atomic E-state index is 10.5. The molecule has 0 spiro atoms. The number of aliphatic hydroxyl groups is 1. The summed E-state index contributed by atoms with van der Waals surface area (Å²) in [7, 11) is 0. The molecule has 0 amide bonds. The first-order valence-electron chi connectivity index (χ1n) is 3.33. The highest BCUT2D eigenvalue weighted by atomic mass is 16.6. The monoisotopic (exact) mass is 146 g/mol. The van der Waals surface area contributed by atoms with Gasteiger partial charge >= 0.3 is 0 Å². The van der Waals surface area contributed by atoms with E-state index in [1.165, 1.54) is 13.8 Å². The lowest BCUT2D eigenvalue weighted by Gasteiger charge is -2.20. The van der Waals surface area contributed by atoms with Gasteiger partial charge in [0.25, 0.3) is 0 Å². The summed E-state index contributed by atoms with van der Waals surface area (Å²) >= 11 is 0. The Morgan fingerprint density at radius 3 is 2.50 bits per heavy atom. The molecule has 1 N–H and O–H groups in total. The molecule has 0 radical (unpaired) electrons. The Bertz CT molecular complexity index is 118. The van der Waals surface area contributed by atoms with Crippen molar-refractivity contribution in [2.24, 2.45) is 0 Å². The molecule has 60 valence electrons. The van der Waals surface area contributed by atoms with Gasteiger partial charge in [-0.3, -0.25) is 4.79 Å². The zero-order valence-electron chi connectivity index (χ0n) is 6.68. The maximum atomic E-state index is 10.5. The molecule has 0 rings (SSSR count). The van der Waals surface area contributed by atoms with Gasteiger partial charge < -0.3 is 9.84 Å². The van der Waals surface area contributed by atoms with Gasteiger partial charge in [-0.05, 0) is 20.8 Å². The molecule has 10 heavy (non-hydrogen) atoms. The van der Waals surface area contributed by atoms with Crippen LogP contribution in [0, 0.1) is 0 Å². The normalized spacial score (nSPS) is 16.4. The van der Waals surface area contributed by atoms with Gasteiger partial charge in [0.2, 0.25) is 0 Å². The van der Waals surface area contributed by atoms with Crippen LogP contribution in [-0.2, 0) is 9.53 Å². The SMILES string of the molecule is CCOC(C)(O)CC(C)=O. The molecule has 0 aliphatic rings. The van der Waals surface area contributed by atoms with Gasteiger partial charge in [0.05, 0.1) is 6.42 Å². The van der Waals surface area contributed by atoms with Crippen molar-refractivity contribution in [2.45, 2.75) is 33.0 Å². The zero-order chi connectivity index (χ0) is 8.20. The molecule has 0 saturated heterocycles. The van der Waals surface area contributed by atoms with Gasteiger partial charge in [-0.25, -0.2) is 0 Å². The van der Waals surface area contributed by atoms with Crippen LogP contribution in [0.1, 0.15) is 27.2 Å². The Kier molecular flexibility index (Phi) is 3.53. The van der Waals surface area contributed by atoms with E-state index in [-0.39, 0.29) is 12.2 Å². The molecule has 0 aromatic carbocycles. The maximum Gasteiger partial charge on any atom is 0.169 e. The minimum atomic E-state index is -1.28. The molecule has 0 fully saturated rings. The number of carbonyl (C=O) groups excluding carboxylic acids is 1. The van der Waals surface area contributed by atoms with Crippen LogP contribution >= 0.6 is 0 Å².